The first-order valence-corrected chi connectivity index (χ1v) is 9.44. The third-order valence-corrected chi connectivity index (χ3v) is 4.73. The first kappa shape index (κ1) is 19.7. The predicted molar refractivity (Wildman–Crippen MR) is 111 cm³/mol. The average Bonchev–Trinajstić information content (AvgIpc) is 3.03. The van der Waals surface area contributed by atoms with E-state index < -0.39 is 0 Å². The number of aromatic amines is 1. The van der Waals surface area contributed by atoms with Gasteiger partial charge in [-0.05, 0) is 49.4 Å². The van der Waals surface area contributed by atoms with Crippen LogP contribution in [0.3, 0.4) is 0 Å². The van der Waals surface area contributed by atoms with Crippen molar-refractivity contribution in [3.8, 4) is 5.75 Å². The zero-order valence-corrected chi connectivity index (χ0v) is 16.3. The zero-order chi connectivity index (χ0) is 19.9. The number of benzene rings is 2. The van der Waals surface area contributed by atoms with E-state index in [1.807, 2.05) is 55.5 Å². The number of nitrogens with zero attached hydrogens (tertiary/aromatic N) is 2. The number of aromatic nitrogens is 2. The van der Waals surface area contributed by atoms with Gasteiger partial charge in [0, 0.05) is 18.8 Å². The molecule has 0 aliphatic rings. The van der Waals surface area contributed by atoms with E-state index in [0.29, 0.717) is 13.1 Å². The lowest BCUT2D eigenvalue weighted by atomic mass is 10.3. The SMILES string of the molecule is CCN(CCCn1c(=O)[nH]c2ccccc21)CC(=O)Nc1ccc(OC)cc1. The lowest BCUT2D eigenvalue weighted by Crippen LogP contribution is -2.34. The molecule has 0 saturated carbocycles. The number of hydrogen-bond acceptors (Lipinski definition) is 4. The normalized spacial score (nSPS) is 11.1. The summed E-state index contributed by atoms with van der Waals surface area (Å²) in [7, 11) is 1.61. The zero-order valence-electron chi connectivity index (χ0n) is 16.3. The van der Waals surface area contributed by atoms with Gasteiger partial charge in [-0.3, -0.25) is 14.3 Å². The molecule has 7 nitrogen and oxygen atoms in total. The highest BCUT2D eigenvalue weighted by atomic mass is 16.5. The highest BCUT2D eigenvalue weighted by Gasteiger charge is 2.11. The number of H-pyrrole nitrogens is 1. The highest BCUT2D eigenvalue weighted by molar-refractivity contribution is 5.92. The van der Waals surface area contributed by atoms with Crippen LogP contribution in [0.1, 0.15) is 13.3 Å². The van der Waals surface area contributed by atoms with Gasteiger partial charge in [0.2, 0.25) is 5.91 Å². The molecule has 1 aromatic heterocycles. The first-order chi connectivity index (χ1) is 13.6. The number of imidazole rings is 1. The second kappa shape index (κ2) is 9.23. The molecule has 0 bridgehead atoms. The lowest BCUT2D eigenvalue weighted by Gasteiger charge is -2.20. The van der Waals surface area contributed by atoms with Gasteiger partial charge in [-0.25, -0.2) is 4.79 Å². The van der Waals surface area contributed by atoms with E-state index in [-0.39, 0.29) is 11.6 Å². The fourth-order valence-corrected chi connectivity index (χ4v) is 3.21. The summed E-state index contributed by atoms with van der Waals surface area (Å²) in [5.74, 6) is 0.692. The average molecular weight is 382 g/mol. The number of carbonyl (C=O) groups excluding carboxylic acids is 1. The molecule has 2 aromatic carbocycles. The van der Waals surface area contributed by atoms with Crippen molar-refractivity contribution in [2.75, 3.05) is 32.1 Å². The van der Waals surface area contributed by atoms with Crippen LogP contribution in [0.25, 0.3) is 11.0 Å². The van der Waals surface area contributed by atoms with Crippen LogP contribution in [0.4, 0.5) is 5.69 Å². The van der Waals surface area contributed by atoms with Gasteiger partial charge in [0.05, 0.1) is 24.7 Å². The van der Waals surface area contributed by atoms with E-state index in [9.17, 15) is 9.59 Å². The molecular weight excluding hydrogens is 356 g/mol. The number of likely N-dealkylation sites (N-methyl/N-ethyl adjacent to an activating group) is 1. The van der Waals surface area contributed by atoms with Crippen molar-refractivity contribution < 1.29 is 9.53 Å². The van der Waals surface area contributed by atoms with Crippen LogP contribution in [-0.2, 0) is 11.3 Å². The lowest BCUT2D eigenvalue weighted by molar-refractivity contribution is -0.117. The summed E-state index contributed by atoms with van der Waals surface area (Å²) < 4.78 is 6.87. The van der Waals surface area contributed by atoms with Crippen molar-refractivity contribution in [3.05, 3.63) is 59.0 Å². The number of aryl methyl sites for hydroxylation is 1. The molecule has 148 valence electrons. The summed E-state index contributed by atoms with van der Waals surface area (Å²) in [6.45, 7) is 4.45. The van der Waals surface area contributed by atoms with Gasteiger partial charge in [0.15, 0.2) is 0 Å². The number of fused-ring (bicyclic) bond motifs is 1. The number of para-hydroxylation sites is 2. The Morgan fingerprint density at radius 2 is 1.93 bits per heavy atom. The molecule has 0 aliphatic heterocycles. The Kier molecular flexibility index (Phi) is 6.49. The van der Waals surface area contributed by atoms with Crippen LogP contribution in [0.2, 0.25) is 0 Å². The molecule has 3 aromatic rings. The topological polar surface area (TPSA) is 79.4 Å². The number of anilines is 1. The quantitative estimate of drug-likeness (QED) is 0.596. The van der Waals surface area contributed by atoms with Crippen molar-refractivity contribution in [2.24, 2.45) is 0 Å². The molecule has 2 N–H and O–H groups in total. The second-order valence-corrected chi connectivity index (χ2v) is 6.60. The molecule has 0 atom stereocenters. The number of ether oxygens (including phenoxy) is 1. The molecule has 0 fully saturated rings. The van der Waals surface area contributed by atoms with E-state index >= 15 is 0 Å². The number of carbonyl (C=O) groups is 1. The number of rotatable bonds is 9. The molecule has 7 heteroatoms. The number of nitrogens with one attached hydrogen (secondary N) is 2. The van der Waals surface area contributed by atoms with E-state index in [1.54, 1.807) is 11.7 Å². The predicted octanol–water partition coefficient (Wildman–Crippen LogP) is 2.69. The third-order valence-electron chi connectivity index (χ3n) is 4.73. The van der Waals surface area contributed by atoms with Crippen LogP contribution in [0, 0.1) is 0 Å². The molecule has 28 heavy (non-hydrogen) atoms. The molecule has 0 spiro atoms. The first-order valence-electron chi connectivity index (χ1n) is 9.44. The van der Waals surface area contributed by atoms with Gasteiger partial charge in [-0.15, -0.1) is 0 Å². The number of methoxy groups -OCH3 is 1. The summed E-state index contributed by atoms with van der Waals surface area (Å²) in [5.41, 5.74) is 2.40. The Labute approximate surface area is 163 Å². The fraction of sp³-hybridized carbons (Fsp3) is 0.333. The van der Waals surface area contributed by atoms with Gasteiger partial charge >= 0.3 is 5.69 Å². The van der Waals surface area contributed by atoms with Crippen molar-refractivity contribution in [3.63, 3.8) is 0 Å². The fourth-order valence-electron chi connectivity index (χ4n) is 3.21. The number of hydrogen-bond donors (Lipinski definition) is 2. The van der Waals surface area contributed by atoms with Crippen molar-refractivity contribution in [1.82, 2.24) is 14.5 Å². The van der Waals surface area contributed by atoms with E-state index in [1.165, 1.54) is 0 Å². The van der Waals surface area contributed by atoms with Crippen molar-refractivity contribution >= 4 is 22.6 Å². The van der Waals surface area contributed by atoms with Crippen LogP contribution in [-0.4, -0.2) is 47.1 Å². The summed E-state index contributed by atoms with van der Waals surface area (Å²) in [6, 6.07) is 14.9. The minimum atomic E-state index is -0.0958. The standard InChI is InChI=1S/C21H26N4O3/c1-3-24(15-20(26)22-16-9-11-17(28-2)12-10-16)13-6-14-25-19-8-5-4-7-18(19)23-21(25)27/h4-5,7-12H,3,6,13-15H2,1-2H3,(H,22,26)(H,23,27). The molecule has 0 saturated heterocycles. The van der Waals surface area contributed by atoms with Crippen LogP contribution < -0.4 is 15.7 Å². The van der Waals surface area contributed by atoms with Crippen molar-refractivity contribution in [1.29, 1.82) is 0 Å². The Bertz CT molecular complexity index is 975. The smallest absolute Gasteiger partial charge is 0.326 e. The van der Waals surface area contributed by atoms with E-state index in [0.717, 1.165) is 42.0 Å². The van der Waals surface area contributed by atoms with Gasteiger partial charge in [-0.2, -0.15) is 0 Å². The van der Waals surface area contributed by atoms with Crippen LogP contribution >= 0.6 is 0 Å². The number of amides is 1. The summed E-state index contributed by atoms with van der Waals surface area (Å²) in [6.07, 6.45) is 0.783. The largest absolute Gasteiger partial charge is 0.497 e. The van der Waals surface area contributed by atoms with E-state index in [2.05, 4.69) is 15.2 Å². The summed E-state index contributed by atoms with van der Waals surface area (Å²) >= 11 is 0. The Hall–Kier alpha value is -3.06. The molecule has 1 heterocycles. The van der Waals surface area contributed by atoms with Gasteiger partial charge in [0.1, 0.15) is 5.75 Å². The highest BCUT2D eigenvalue weighted by Crippen LogP contribution is 2.15. The third kappa shape index (κ3) is 4.80. The summed E-state index contributed by atoms with van der Waals surface area (Å²) in [4.78, 5) is 29.4. The Morgan fingerprint density at radius 3 is 2.64 bits per heavy atom. The maximum atomic E-state index is 12.3. The molecule has 1 amide bonds. The minimum absolute atomic E-state index is 0.0590. The Balaban J connectivity index is 1.51. The van der Waals surface area contributed by atoms with Gasteiger partial charge < -0.3 is 15.0 Å². The Morgan fingerprint density at radius 1 is 1.18 bits per heavy atom. The minimum Gasteiger partial charge on any atom is -0.497 e. The summed E-state index contributed by atoms with van der Waals surface area (Å²) in [5, 5.41) is 2.90. The molecular formula is C21H26N4O3. The monoisotopic (exact) mass is 382 g/mol. The second-order valence-electron chi connectivity index (χ2n) is 6.60. The van der Waals surface area contributed by atoms with Gasteiger partial charge in [0.25, 0.3) is 0 Å². The van der Waals surface area contributed by atoms with Crippen molar-refractivity contribution in [2.45, 2.75) is 19.9 Å². The van der Waals surface area contributed by atoms with Crippen LogP contribution in [0.5, 0.6) is 5.75 Å². The van der Waals surface area contributed by atoms with E-state index in [4.69, 9.17) is 4.74 Å². The maximum Gasteiger partial charge on any atom is 0.326 e. The molecule has 0 aliphatic carbocycles. The molecule has 0 radical (unpaired) electrons. The van der Waals surface area contributed by atoms with Gasteiger partial charge in [-0.1, -0.05) is 19.1 Å². The molecule has 0 unspecified atom stereocenters. The molecule has 3 rings (SSSR count). The van der Waals surface area contributed by atoms with Crippen LogP contribution in [0.15, 0.2) is 53.3 Å². The maximum absolute atomic E-state index is 12.3.